The highest BCUT2D eigenvalue weighted by molar-refractivity contribution is 5.70. The van der Waals surface area contributed by atoms with E-state index in [1.54, 1.807) is 33.1 Å². The first-order valence-electron chi connectivity index (χ1n) is 5.77. The molecule has 0 atom stereocenters. The zero-order valence-electron chi connectivity index (χ0n) is 11.7. The second kappa shape index (κ2) is 4.23. The second-order valence-electron chi connectivity index (χ2n) is 4.87. The van der Waals surface area contributed by atoms with E-state index in [9.17, 15) is 14.4 Å². The number of hydrogen-bond acceptors (Lipinski definition) is 4. The summed E-state index contributed by atoms with van der Waals surface area (Å²) in [7, 11) is 8.11. The van der Waals surface area contributed by atoms with Gasteiger partial charge in [-0.3, -0.25) is 28.0 Å². The number of fused-ring (bicyclic) bond motifs is 1. The number of aromatic nitrogens is 4. The summed E-state index contributed by atoms with van der Waals surface area (Å²) in [5, 5.41) is 0. The lowest BCUT2D eigenvalue weighted by molar-refractivity contribution is 0.324. The molecule has 0 aliphatic heterocycles. The Kier molecular flexibility index (Phi) is 2.97. The average Bonchev–Trinajstić information content (AvgIpc) is 2.58. The van der Waals surface area contributed by atoms with Gasteiger partial charge in [-0.15, -0.1) is 0 Å². The van der Waals surface area contributed by atoms with Gasteiger partial charge in [-0.05, 0) is 14.1 Å². The number of aryl methyl sites for hydroxylation is 2. The highest BCUT2D eigenvalue weighted by Crippen LogP contribution is 2.04. The fraction of sp³-hybridized carbons (Fsp3) is 0.545. The zero-order chi connectivity index (χ0) is 14.5. The molecule has 0 aliphatic rings. The molecule has 0 spiro atoms. The third-order valence-electron chi connectivity index (χ3n) is 3.14. The largest absolute Gasteiger partial charge is 0.332 e. The molecule has 0 aromatic carbocycles. The summed E-state index contributed by atoms with van der Waals surface area (Å²) in [6.07, 6.45) is 0. The molecule has 8 heteroatoms. The zero-order valence-corrected chi connectivity index (χ0v) is 11.7. The Balaban J connectivity index is 3.10. The van der Waals surface area contributed by atoms with Crippen LogP contribution in [0.5, 0.6) is 0 Å². The van der Waals surface area contributed by atoms with Crippen LogP contribution in [0.1, 0.15) is 0 Å². The van der Waals surface area contributed by atoms with E-state index in [0.717, 1.165) is 4.57 Å². The Bertz CT molecular complexity index is 818. The van der Waals surface area contributed by atoms with Gasteiger partial charge in [-0.1, -0.05) is 0 Å². The van der Waals surface area contributed by atoms with Gasteiger partial charge in [0.2, 0.25) is 0 Å². The standard InChI is InChI=1S/C11H17N5O3/c1-12(2)6-16-7-8(14(4)11(16)19)13(3)10(18)15(5)9(7)17/h6H2,1-5H3. The summed E-state index contributed by atoms with van der Waals surface area (Å²) in [5.41, 5.74) is -0.652. The lowest BCUT2D eigenvalue weighted by Gasteiger charge is -2.10. The summed E-state index contributed by atoms with van der Waals surface area (Å²) < 4.78 is 5.01. The van der Waals surface area contributed by atoms with E-state index in [1.807, 2.05) is 0 Å². The number of nitrogens with zero attached hydrogens (tertiary/aromatic N) is 5. The van der Waals surface area contributed by atoms with E-state index in [2.05, 4.69) is 0 Å². The maximum atomic E-state index is 12.2. The van der Waals surface area contributed by atoms with Crippen LogP contribution in [0.25, 0.3) is 11.2 Å². The quantitative estimate of drug-likeness (QED) is 0.647. The molecule has 104 valence electrons. The minimum absolute atomic E-state index is 0.241. The van der Waals surface area contributed by atoms with Crippen LogP contribution in [0, 0.1) is 0 Å². The van der Waals surface area contributed by atoms with Gasteiger partial charge in [-0.25, -0.2) is 9.59 Å². The van der Waals surface area contributed by atoms with Crippen LogP contribution < -0.4 is 16.9 Å². The summed E-state index contributed by atoms with van der Waals surface area (Å²) >= 11 is 0. The van der Waals surface area contributed by atoms with Crippen molar-refractivity contribution in [1.82, 2.24) is 23.2 Å². The number of rotatable bonds is 2. The lowest BCUT2D eigenvalue weighted by atomic mass is 10.5. The Morgan fingerprint density at radius 3 is 1.95 bits per heavy atom. The predicted octanol–water partition coefficient (Wildman–Crippen LogP) is -1.74. The Morgan fingerprint density at radius 1 is 0.895 bits per heavy atom. The Labute approximate surface area is 108 Å². The van der Waals surface area contributed by atoms with Crippen molar-refractivity contribution in [2.45, 2.75) is 6.67 Å². The monoisotopic (exact) mass is 267 g/mol. The maximum Gasteiger partial charge on any atom is 0.332 e. The number of hydrogen-bond donors (Lipinski definition) is 0. The molecule has 0 bridgehead atoms. The fourth-order valence-corrected chi connectivity index (χ4v) is 2.22. The van der Waals surface area contributed by atoms with Crippen molar-refractivity contribution in [2.24, 2.45) is 21.1 Å². The highest BCUT2D eigenvalue weighted by atomic mass is 16.2. The molecule has 8 nitrogen and oxygen atoms in total. The summed E-state index contributed by atoms with van der Waals surface area (Å²) in [6, 6.07) is 0. The third kappa shape index (κ3) is 1.75. The third-order valence-corrected chi connectivity index (χ3v) is 3.14. The fourth-order valence-electron chi connectivity index (χ4n) is 2.22. The van der Waals surface area contributed by atoms with Crippen molar-refractivity contribution in [3.63, 3.8) is 0 Å². The van der Waals surface area contributed by atoms with E-state index in [1.165, 1.54) is 20.7 Å². The molecule has 0 amide bonds. The van der Waals surface area contributed by atoms with Crippen molar-refractivity contribution in [3.05, 3.63) is 31.3 Å². The summed E-state index contributed by atoms with van der Waals surface area (Å²) in [4.78, 5) is 38.1. The Hall–Kier alpha value is -2.09. The number of imidazole rings is 1. The predicted molar refractivity (Wildman–Crippen MR) is 71.3 cm³/mol. The van der Waals surface area contributed by atoms with Crippen LogP contribution >= 0.6 is 0 Å². The SMILES string of the molecule is CN(C)Cn1c(=O)n(C)c2c1c(=O)n(C)c(=O)n2C. The van der Waals surface area contributed by atoms with E-state index in [0.29, 0.717) is 5.65 Å². The van der Waals surface area contributed by atoms with E-state index >= 15 is 0 Å². The Morgan fingerprint density at radius 2 is 1.42 bits per heavy atom. The molecule has 0 unspecified atom stereocenters. The molecule has 0 saturated heterocycles. The first-order valence-corrected chi connectivity index (χ1v) is 5.77. The topological polar surface area (TPSA) is 74.2 Å². The molecule has 0 fully saturated rings. The van der Waals surface area contributed by atoms with Crippen LogP contribution in [0.4, 0.5) is 0 Å². The van der Waals surface area contributed by atoms with Crippen LogP contribution in [-0.2, 0) is 27.8 Å². The van der Waals surface area contributed by atoms with Gasteiger partial charge in [0.15, 0.2) is 11.2 Å². The maximum absolute atomic E-state index is 12.2. The highest BCUT2D eigenvalue weighted by Gasteiger charge is 2.19. The summed E-state index contributed by atoms with van der Waals surface area (Å²) in [6.45, 7) is 0.281. The molecule has 2 rings (SSSR count). The normalized spacial score (nSPS) is 11.7. The molecule has 0 saturated carbocycles. The molecular formula is C11H17N5O3. The van der Waals surface area contributed by atoms with Gasteiger partial charge < -0.3 is 0 Å². The molecule has 2 aromatic heterocycles. The van der Waals surface area contributed by atoms with Gasteiger partial charge in [0.1, 0.15) is 0 Å². The first kappa shape index (κ1) is 13.3. The van der Waals surface area contributed by atoms with Gasteiger partial charge in [-0.2, -0.15) is 0 Å². The van der Waals surface area contributed by atoms with Crippen molar-refractivity contribution >= 4 is 11.2 Å². The van der Waals surface area contributed by atoms with Gasteiger partial charge in [0.05, 0.1) is 6.67 Å². The molecular weight excluding hydrogens is 250 g/mol. The average molecular weight is 267 g/mol. The molecule has 2 aromatic rings. The van der Waals surface area contributed by atoms with E-state index in [4.69, 9.17) is 0 Å². The minimum Gasteiger partial charge on any atom is -0.292 e. The van der Waals surface area contributed by atoms with Crippen molar-refractivity contribution in [1.29, 1.82) is 0 Å². The smallest absolute Gasteiger partial charge is 0.292 e. The summed E-state index contributed by atoms with van der Waals surface area (Å²) in [5.74, 6) is 0. The van der Waals surface area contributed by atoms with Gasteiger partial charge in [0, 0.05) is 21.1 Å². The minimum atomic E-state index is -0.461. The van der Waals surface area contributed by atoms with Gasteiger partial charge >= 0.3 is 11.4 Å². The molecule has 0 radical (unpaired) electrons. The van der Waals surface area contributed by atoms with Crippen LogP contribution in [0.15, 0.2) is 14.4 Å². The van der Waals surface area contributed by atoms with E-state index in [-0.39, 0.29) is 17.9 Å². The molecule has 2 heterocycles. The van der Waals surface area contributed by atoms with E-state index < -0.39 is 11.2 Å². The molecule has 19 heavy (non-hydrogen) atoms. The van der Waals surface area contributed by atoms with Crippen LogP contribution in [-0.4, -0.2) is 37.3 Å². The second-order valence-corrected chi connectivity index (χ2v) is 4.87. The van der Waals surface area contributed by atoms with Gasteiger partial charge in [0.25, 0.3) is 5.56 Å². The van der Waals surface area contributed by atoms with Crippen LogP contribution in [0.3, 0.4) is 0 Å². The van der Waals surface area contributed by atoms with Crippen LogP contribution in [0.2, 0.25) is 0 Å². The lowest BCUT2D eigenvalue weighted by Crippen LogP contribution is -2.38. The molecule has 0 aliphatic carbocycles. The van der Waals surface area contributed by atoms with Crippen molar-refractivity contribution < 1.29 is 0 Å². The van der Waals surface area contributed by atoms with Crippen molar-refractivity contribution in [3.8, 4) is 0 Å². The van der Waals surface area contributed by atoms with Crippen molar-refractivity contribution in [2.75, 3.05) is 14.1 Å². The molecule has 0 N–H and O–H groups in total. The first-order chi connectivity index (χ1) is 8.77.